The van der Waals surface area contributed by atoms with Crippen LogP contribution < -0.4 is 11.1 Å². The molecule has 0 radical (unpaired) electrons. The van der Waals surface area contributed by atoms with E-state index < -0.39 is 5.91 Å². The Morgan fingerprint density at radius 1 is 1.71 bits per heavy atom. The summed E-state index contributed by atoms with van der Waals surface area (Å²) in [6.45, 7) is 1.13. The highest BCUT2D eigenvalue weighted by Gasteiger charge is 2.02. The minimum Gasteiger partial charge on any atom is -0.383 e. The van der Waals surface area contributed by atoms with Crippen molar-refractivity contribution in [1.82, 2.24) is 9.97 Å². The van der Waals surface area contributed by atoms with E-state index >= 15 is 0 Å². The number of amides is 1. The van der Waals surface area contributed by atoms with Crippen LogP contribution in [0.4, 0.5) is 5.95 Å². The van der Waals surface area contributed by atoms with Crippen LogP contribution in [0.5, 0.6) is 0 Å². The molecule has 0 unspecified atom stereocenters. The van der Waals surface area contributed by atoms with E-state index in [-0.39, 0.29) is 5.69 Å². The molecule has 6 heteroatoms. The Balaban J connectivity index is 2.59. The summed E-state index contributed by atoms with van der Waals surface area (Å²) in [7, 11) is 1.60. The van der Waals surface area contributed by atoms with Crippen molar-refractivity contribution in [2.45, 2.75) is 0 Å². The molecular weight excluding hydrogens is 184 g/mol. The number of anilines is 1. The monoisotopic (exact) mass is 196 g/mol. The van der Waals surface area contributed by atoms with Gasteiger partial charge in [-0.3, -0.25) is 4.79 Å². The average molecular weight is 196 g/mol. The van der Waals surface area contributed by atoms with Crippen molar-refractivity contribution in [3.8, 4) is 0 Å². The van der Waals surface area contributed by atoms with E-state index in [2.05, 4.69) is 15.3 Å². The van der Waals surface area contributed by atoms with Crippen LogP contribution in [-0.4, -0.2) is 36.1 Å². The number of nitrogens with zero attached hydrogens (tertiary/aromatic N) is 2. The van der Waals surface area contributed by atoms with Crippen LogP contribution in [0.25, 0.3) is 0 Å². The van der Waals surface area contributed by atoms with E-state index in [1.165, 1.54) is 12.3 Å². The quantitative estimate of drug-likeness (QED) is 0.627. The van der Waals surface area contributed by atoms with Gasteiger partial charge in [0.05, 0.1) is 6.61 Å². The minimum absolute atomic E-state index is 0.194. The fourth-order valence-corrected chi connectivity index (χ4v) is 0.846. The lowest BCUT2D eigenvalue weighted by atomic mass is 10.4. The lowest BCUT2D eigenvalue weighted by Crippen LogP contribution is -2.16. The first kappa shape index (κ1) is 10.4. The lowest BCUT2D eigenvalue weighted by molar-refractivity contribution is 0.0995. The summed E-state index contributed by atoms with van der Waals surface area (Å²) in [4.78, 5) is 18.6. The molecule has 1 rings (SSSR count). The van der Waals surface area contributed by atoms with Gasteiger partial charge in [-0.2, -0.15) is 0 Å². The summed E-state index contributed by atoms with van der Waals surface area (Å²) in [6.07, 6.45) is 1.47. The number of carbonyl (C=O) groups excluding carboxylic acids is 1. The first-order valence-electron chi connectivity index (χ1n) is 4.09. The fraction of sp³-hybridized carbons (Fsp3) is 0.375. The van der Waals surface area contributed by atoms with Crippen LogP contribution in [0.2, 0.25) is 0 Å². The molecule has 0 aliphatic heterocycles. The van der Waals surface area contributed by atoms with Gasteiger partial charge in [-0.15, -0.1) is 0 Å². The Morgan fingerprint density at radius 3 is 3.14 bits per heavy atom. The highest BCUT2D eigenvalue weighted by atomic mass is 16.5. The summed E-state index contributed by atoms with van der Waals surface area (Å²) >= 11 is 0. The molecule has 1 heterocycles. The van der Waals surface area contributed by atoms with Crippen molar-refractivity contribution in [3.05, 3.63) is 18.0 Å². The standard InChI is InChI=1S/C8H12N4O2/c1-14-5-4-11-8-10-3-2-6(12-8)7(9)13/h2-3H,4-5H2,1H3,(H2,9,13)(H,10,11,12). The van der Waals surface area contributed by atoms with Crippen LogP contribution in [-0.2, 0) is 4.74 Å². The third-order valence-corrected chi connectivity index (χ3v) is 1.50. The van der Waals surface area contributed by atoms with Crippen LogP contribution in [0.15, 0.2) is 12.3 Å². The molecule has 1 amide bonds. The normalized spacial score (nSPS) is 9.79. The molecule has 0 aliphatic rings. The molecule has 0 saturated heterocycles. The van der Waals surface area contributed by atoms with Gasteiger partial charge in [0.1, 0.15) is 5.69 Å². The van der Waals surface area contributed by atoms with Gasteiger partial charge in [0.2, 0.25) is 5.95 Å². The van der Waals surface area contributed by atoms with E-state index in [4.69, 9.17) is 10.5 Å². The molecule has 0 aromatic carbocycles. The van der Waals surface area contributed by atoms with Crippen molar-refractivity contribution in [2.24, 2.45) is 5.73 Å². The molecule has 1 aromatic heterocycles. The van der Waals surface area contributed by atoms with E-state index in [1.807, 2.05) is 0 Å². The Morgan fingerprint density at radius 2 is 2.50 bits per heavy atom. The van der Waals surface area contributed by atoms with Gasteiger partial charge < -0.3 is 15.8 Å². The predicted molar refractivity (Wildman–Crippen MR) is 50.9 cm³/mol. The molecule has 0 bridgehead atoms. The Labute approximate surface area is 81.5 Å². The molecule has 0 fully saturated rings. The highest BCUT2D eigenvalue weighted by molar-refractivity contribution is 5.90. The highest BCUT2D eigenvalue weighted by Crippen LogP contribution is 1.98. The van der Waals surface area contributed by atoms with Gasteiger partial charge >= 0.3 is 0 Å². The summed E-state index contributed by atoms with van der Waals surface area (Å²) in [5.41, 5.74) is 5.25. The van der Waals surface area contributed by atoms with E-state index in [1.54, 1.807) is 7.11 Å². The third-order valence-electron chi connectivity index (χ3n) is 1.50. The maximum Gasteiger partial charge on any atom is 0.267 e. The van der Waals surface area contributed by atoms with Gasteiger partial charge in [-0.25, -0.2) is 9.97 Å². The fourth-order valence-electron chi connectivity index (χ4n) is 0.846. The number of hydrogen-bond acceptors (Lipinski definition) is 5. The largest absolute Gasteiger partial charge is 0.383 e. The second-order valence-corrected chi connectivity index (χ2v) is 2.55. The number of nitrogens with one attached hydrogen (secondary N) is 1. The number of methoxy groups -OCH3 is 1. The smallest absolute Gasteiger partial charge is 0.267 e. The second kappa shape index (κ2) is 5.13. The molecular formula is C8H12N4O2. The molecule has 0 atom stereocenters. The van der Waals surface area contributed by atoms with Crippen LogP contribution in [0.3, 0.4) is 0 Å². The van der Waals surface area contributed by atoms with Crippen LogP contribution in [0, 0.1) is 0 Å². The van der Waals surface area contributed by atoms with Gasteiger partial charge in [0, 0.05) is 19.9 Å². The maximum absolute atomic E-state index is 10.8. The van der Waals surface area contributed by atoms with Gasteiger partial charge in [-0.05, 0) is 6.07 Å². The topological polar surface area (TPSA) is 90.1 Å². The number of ether oxygens (including phenoxy) is 1. The zero-order valence-corrected chi connectivity index (χ0v) is 7.86. The molecule has 3 N–H and O–H groups in total. The van der Waals surface area contributed by atoms with Crippen molar-refractivity contribution in [1.29, 1.82) is 0 Å². The number of nitrogens with two attached hydrogens (primary N) is 1. The zero-order chi connectivity index (χ0) is 10.4. The number of rotatable bonds is 5. The predicted octanol–water partition coefficient (Wildman–Crippen LogP) is -0.366. The number of hydrogen-bond donors (Lipinski definition) is 2. The summed E-state index contributed by atoms with van der Waals surface area (Å²) in [6, 6.07) is 1.46. The number of aromatic nitrogens is 2. The molecule has 0 saturated carbocycles. The van der Waals surface area contributed by atoms with Crippen LogP contribution >= 0.6 is 0 Å². The summed E-state index contributed by atoms with van der Waals surface area (Å²) in [5.74, 6) is -0.194. The van der Waals surface area contributed by atoms with Gasteiger partial charge in [-0.1, -0.05) is 0 Å². The summed E-state index contributed by atoms with van der Waals surface area (Å²) in [5, 5.41) is 2.89. The van der Waals surface area contributed by atoms with Crippen molar-refractivity contribution in [3.63, 3.8) is 0 Å². The zero-order valence-electron chi connectivity index (χ0n) is 7.86. The second-order valence-electron chi connectivity index (χ2n) is 2.55. The molecule has 14 heavy (non-hydrogen) atoms. The summed E-state index contributed by atoms with van der Waals surface area (Å²) < 4.78 is 4.83. The first-order valence-corrected chi connectivity index (χ1v) is 4.09. The number of carbonyl (C=O) groups is 1. The minimum atomic E-state index is -0.567. The Bertz CT molecular complexity index is 316. The van der Waals surface area contributed by atoms with E-state index in [0.29, 0.717) is 19.1 Å². The van der Waals surface area contributed by atoms with Crippen molar-refractivity contribution in [2.75, 3.05) is 25.6 Å². The molecule has 0 spiro atoms. The molecule has 1 aromatic rings. The molecule has 76 valence electrons. The van der Waals surface area contributed by atoms with E-state index in [0.717, 1.165) is 0 Å². The van der Waals surface area contributed by atoms with Crippen molar-refractivity contribution >= 4 is 11.9 Å². The Kier molecular flexibility index (Phi) is 3.81. The Hall–Kier alpha value is -1.69. The lowest BCUT2D eigenvalue weighted by Gasteiger charge is -2.03. The van der Waals surface area contributed by atoms with Crippen LogP contribution in [0.1, 0.15) is 10.5 Å². The molecule has 0 aliphatic carbocycles. The average Bonchev–Trinajstić information content (AvgIpc) is 2.19. The van der Waals surface area contributed by atoms with E-state index in [9.17, 15) is 4.79 Å². The van der Waals surface area contributed by atoms with Gasteiger partial charge in [0.25, 0.3) is 5.91 Å². The number of primary amides is 1. The molecule has 6 nitrogen and oxygen atoms in total. The van der Waals surface area contributed by atoms with Crippen molar-refractivity contribution < 1.29 is 9.53 Å². The van der Waals surface area contributed by atoms with Gasteiger partial charge in [0.15, 0.2) is 0 Å². The SMILES string of the molecule is COCCNc1nccc(C(N)=O)n1. The maximum atomic E-state index is 10.8. The first-order chi connectivity index (χ1) is 6.74. The third kappa shape index (κ3) is 2.98.